The van der Waals surface area contributed by atoms with Gasteiger partial charge in [0.2, 0.25) is 0 Å². The predicted molar refractivity (Wildman–Crippen MR) is 90.6 cm³/mol. The molecule has 0 amide bonds. The van der Waals surface area contributed by atoms with Gasteiger partial charge in [-0.2, -0.15) is 0 Å². The van der Waals surface area contributed by atoms with Gasteiger partial charge in [0.05, 0.1) is 10.3 Å². The van der Waals surface area contributed by atoms with Gasteiger partial charge in [0.1, 0.15) is 17.0 Å². The lowest BCUT2D eigenvalue weighted by Gasteiger charge is -2.10. The summed E-state index contributed by atoms with van der Waals surface area (Å²) in [5.74, 6) is 0.734. The van der Waals surface area contributed by atoms with Crippen molar-refractivity contribution < 1.29 is 4.92 Å². The van der Waals surface area contributed by atoms with Crippen molar-refractivity contribution >= 4 is 38.7 Å². The molecule has 2 heterocycles. The number of nitrogens with one attached hydrogen (secondary N) is 1. The van der Waals surface area contributed by atoms with Gasteiger partial charge in [-0.15, -0.1) is 11.3 Å². The van der Waals surface area contributed by atoms with E-state index in [9.17, 15) is 10.1 Å². The van der Waals surface area contributed by atoms with Crippen molar-refractivity contribution in [2.75, 3.05) is 5.32 Å². The van der Waals surface area contributed by atoms with Crippen molar-refractivity contribution in [3.63, 3.8) is 0 Å². The third-order valence-electron chi connectivity index (χ3n) is 4.19. The Hall–Kier alpha value is -2.54. The summed E-state index contributed by atoms with van der Waals surface area (Å²) in [5, 5.41) is 15.3. The lowest BCUT2D eigenvalue weighted by molar-refractivity contribution is -0.384. The molecule has 0 bridgehead atoms. The number of hydrogen-bond acceptors (Lipinski definition) is 6. The molecular formula is C16H14N4O2S. The van der Waals surface area contributed by atoms with Crippen LogP contribution in [0, 0.1) is 17.0 Å². The first-order chi connectivity index (χ1) is 11.1. The number of aromatic nitrogens is 2. The van der Waals surface area contributed by atoms with Crippen molar-refractivity contribution in [2.24, 2.45) is 0 Å². The number of benzene rings is 1. The highest BCUT2D eigenvalue weighted by atomic mass is 32.1. The van der Waals surface area contributed by atoms with Crippen LogP contribution in [-0.4, -0.2) is 14.9 Å². The molecule has 4 rings (SSSR count). The van der Waals surface area contributed by atoms with Gasteiger partial charge in [-0.05, 0) is 37.3 Å². The largest absolute Gasteiger partial charge is 0.339 e. The predicted octanol–water partition coefficient (Wildman–Crippen LogP) is 4.14. The molecular weight excluding hydrogens is 312 g/mol. The van der Waals surface area contributed by atoms with Crippen LogP contribution in [0.25, 0.3) is 10.2 Å². The van der Waals surface area contributed by atoms with E-state index in [4.69, 9.17) is 0 Å². The number of nitro benzene ring substituents is 1. The summed E-state index contributed by atoms with van der Waals surface area (Å²) < 4.78 is 0. The molecule has 1 aliphatic rings. The zero-order valence-electron chi connectivity index (χ0n) is 12.5. The van der Waals surface area contributed by atoms with Crippen molar-refractivity contribution in [3.8, 4) is 0 Å². The smallest absolute Gasteiger partial charge is 0.271 e. The second-order valence-electron chi connectivity index (χ2n) is 5.64. The summed E-state index contributed by atoms with van der Waals surface area (Å²) in [4.78, 5) is 21.7. The first-order valence-corrected chi connectivity index (χ1v) is 8.22. The van der Waals surface area contributed by atoms with Gasteiger partial charge in [0.15, 0.2) is 0 Å². The average molecular weight is 326 g/mol. The van der Waals surface area contributed by atoms with E-state index in [0.717, 1.165) is 34.4 Å². The minimum absolute atomic E-state index is 0.0685. The molecule has 2 aromatic heterocycles. The maximum absolute atomic E-state index is 11.0. The minimum Gasteiger partial charge on any atom is -0.339 e. The van der Waals surface area contributed by atoms with E-state index in [-0.39, 0.29) is 10.6 Å². The summed E-state index contributed by atoms with van der Waals surface area (Å²) in [5.41, 5.74) is 3.04. The van der Waals surface area contributed by atoms with Crippen molar-refractivity contribution in [2.45, 2.75) is 26.2 Å². The summed E-state index contributed by atoms with van der Waals surface area (Å²) in [6.45, 7) is 1.92. The Labute approximate surface area is 136 Å². The number of rotatable bonds is 3. The Morgan fingerprint density at radius 3 is 3.00 bits per heavy atom. The second kappa shape index (κ2) is 5.27. The number of aryl methyl sites for hydroxylation is 3. The number of fused-ring (bicyclic) bond motifs is 3. The highest BCUT2D eigenvalue weighted by Gasteiger charge is 2.21. The molecule has 0 atom stereocenters. The molecule has 0 unspecified atom stereocenters. The minimum atomic E-state index is -0.386. The van der Waals surface area contributed by atoms with E-state index >= 15 is 0 Å². The molecule has 0 fully saturated rings. The van der Waals surface area contributed by atoms with E-state index in [2.05, 4.69) is 15.3 Å². The van der Waals surface area contributed by atoms with Crippen LogP contribution in [0.1, 0.15) is 22.4 Å². The maximum atomic E-state index is 11.0. The maximum Gasteiger partial charge on any atom is 0.271 e. The van der Waals surface area contributed by atoms with E-state index in [1.165, 1.54) is 22.9 Å². The Balaban J connectivity index is 1.82. The monoisotopic (exact) mass is 326 g/mol. The van der Waals surface area contributed by atoms with E-state index in [1.54, 1.807) is 29.8 Å². The Morgan fingerprint density at radius 1 is 1.30 bits per heavy atom. The van der Waals surface area contributed by atoms with Gasteiger partial charge in [-0.1, -0.05) is 6.07 Å². The van der Waals surface area contributed by atoms with E-state index in [1.807, 2.05) is 6.92 Å². The highest BCUT2D eigenvalue weighted by molar-refractivity contribution is 7.19. The fourth-order valence-electron chi connectivity index (χ4n) is 3.01. The average Bonchev–Trinajstić information content (AvgIpc) is 3.10. The molecule has 1 aliphatic carbocycles. The number of hydrogen-bond donors (Lipinski definition) is 1. The van der Waals surface area contributed by atoms with Gasteiger partial charge in [0.25, 0.3) is 5.69 Å². The fraction of sp³-hybridized carbons (Fsp3) is 0.250. The Bertz CT molecular complexity index is 935. The lowest BCUT2D eigenvalue weighted by atomic mass is 10.1. The van der Waals surface area contributed by atoms with Gasteiger partial charge < -0.3 is 5.32 Å². The summed E-state index contributed by atoms with van der Waals surface area (Å²) in [6.07, 6.45) is 4.86. The fourth-order valence-corrected chi connectivity index (χ4v) is 4.24. The van der Waals surface area contributed by atoms with Crippen molar-refractivity contribution in [1.82, 2.24) is 9.97 Å². The summed E-state index contributed by atoms with van der Waals surface area (Å²) >= 11 is 1.72. The third kappa shape index (κ3) is 2.33. The molecule has 0 spiro atoms. The second-order valence-corrected chi connectivity index (χ2v) is 6.72. The van der Waals surface area contributed by atoms with Crippen LogP contribution in [0.2, 0.25) is 0 Å². The quantitative estimate of drug-likeness (QED) is 0.578. The number of non-ortho nitro benzene ring substituents is 1. The molecule has 23 heavy (non-hydrogen) atoms. The van der Waals surface area contributed by atoms with Gasteiger partial charge in [0, 0.05) is 22.7 Å². The van der Waals surface area contributed by atoms with Crippen LogP contribution in [0.3, 0.4) is 0 Å². The number of thiophene rings is 1. The molecule has 116 valence electrons. The first kappa shape index (κ1) is 14.1. The van der Waals surface area contributed by atoms with E-state index in [0.29, 0.717) is 5.69 Å². The molecule has 7 heteroatoms. The van der Waals surface area contributed by atoms with Crippen LogP contribution in [0.4, 0.5) is 17.2 Å². The third-order valence-corrected chi connectivity index (χ3v) is 5.39. The summed E-state index contributed by atoms with van der Waals surface area (Å²) in [7, 11) is 0. The number of nitrogens with zero attached hydrogens (tertiary/aromatic N) is 3. The molecule has 0 saturated heterocycles. The van der Waals surface area contributed by atoms with E-state index < -0.39 is 0 Å². The van der Waals surface area contributed by atoms with Crippen LogP contribution >= 0.6 is 11.3 Å². The number of nitro groups is 1. The van der Waals surface area contributed by atoms with Gasteiger partial charge in [-0.3, -0.25) is 10.1 Å². The normalized spacial score (nSPS) is 13.3. The summed E-state index contributed by atoms with van der Waals surface area (Å²) in [6, 6.07) is 4.81. The molecule has 0 aliphatic heterocycles. The molecule has 3 aromatic rings. The molecule has 0 radical (unpaired) electrons. The Morgan fingerprint density at radius 2 is 2.17 bits per heavy atom. The lowest BCUT2D eigenvalue weighted by Crippen LogP contribution is -1.99. The first-order valence-electron chi connectivity index (χ1n) is 7.41. The standard InChI is InChI=1S/C16H14N4O2S/c1-9-5-6-10(20(21)22)7-12(9)19-15-14-11-3-2-4-13(11)23-16(14)18-8-17-15/h5-8H,2-4H2,1H3,(H,17,18,19). The van der Waals surface area contributed by atoms with Crippen LogP contribution in [0.15, 0.2) is 24.5 Å². The number of anilines is 2. The zero-order valence-corrected chi connectivity index (χ0v) is 13.3. The van der Waals surface area contributed by atoms with Crippen LogP contribution in [0.5, 0.6) is 0 Å². The SMILES string of the molecule is Cc1ccc([N+](=O)[O-])cc1Nc1ncnc2sc3c(c12)CCC3. The van der Waals surface area contributed by atoms with Crippen molar-refractivity contribution in [1.29, 1.82) is 0 Å². The zero-order chi connectivity index (χ0) is 16.0. The van der Waals surface area contributed by atoms with Crippen molar-refractivity contribution in [3.05, 3.63) is 50.6 Å². The molecule has 0 saturated carbocycles. The molecule has 6 nitrogen and oxygen atoms in total. The van der Waals surface area contributed by atoms with Gasteiger partial charge >= 0.3 is 0 Å². The molecule has 1 N–H and O–H groups in total. The van der Waals surface area contributed by atoms with Gasteiger partial charge in [-0.25, -0.2) is 9.97 Å². The topological polar surface area (TPSA) is 81.0 Å². The Kier molecular flexibility index (Phi) is 3.23. The van der Waals surface area contributed by atoms with Crippen LogP contribution < -0.4 is 5.32 Å². The molecule has 1 aromatic carbocycles. The highest BCUT2D eigenvalue weighted by Crippen LogP contribution is 2.40. The van der Waals surface area contributed by atoms with Crippen LogP contribution in [-0.2, 0) is 12.8 Å².